The van der Waals surface area contributed by atoms with Crippen LogP contribution >= 0.6 is 0 Å². The standard InChI is InChI=1S/C15H19N3/c1-2-5-12-6-3-4-7-14(12)17-15-16-10-11-18(15)13-8-9-13/h3-4,6-7,10-11,13H,2,5,8-9H2,1H3,(H,16,17). The summed E-state index contributed by atoms with van der Waals surface area (Å²) in [4.78, 5) is 4.43. The van der Waals surface area contributed by atoms with Crippen molar-refractivity contribution < 1.29 is 0 Å². The molecule has 3 heteroatoms. The third-order valence-corrected chi connectivity index (χ3v) is 3.39. The van der Waals surface area contributed by atoms with E-state index in [0.717, 1.165) is 18.8 Å². The summed E-state index contributed by atoms with van der Waals surface area (Å²) in [6, 6.07) is 9.16. The topological polar surface area (TPSA) is 29.9 Å². The maximum Gasteiger partial charge on any atom is 0.207 e. The van der Waals surface area contributed by atoms with E-state index >= 15 is 0 Å². The van der Waals surface area contributed by atoms with E-state index in [2.05, 4.69) is 52.3 Å². The fourth-order valence-corrected chi connectivity index (χ4v) is 2.31. The molecule has 0 atom stereocenters. The molecule has 0 amide bonds. The zero-order chi connectivity index (χ0) is 12.4. The molecule has 3 nitrogen and oxygen atoms in total. The Morgan fingerprint density at radius 3 is 2.94 bits per heavy atom. The number of anilines is 2. The molecule has 0 spiro atoms. The van der Waals surface area contributed by atoms with Crippen LogP contribution < -0.4 is 5.32 Å². The van der Waals surface area contributed by atoms with E-state index in [1.807, 2.05) is 6.20 Å². The molecule has 1 aromatic heterocycles. The van der Waals surface area contributed by atoms with Gasteiger partial charge in [0.25, 0.3) is 0 Å². The van der Waals surface area contributed by atoms with Crippen LogP contribution in [0.3, 0.4) is 0 Å². The highest BCUT2D eigenvalue weighted by atomic mass is 15.2. The van der Waals surface area contributed by atoms with Gasteiger partial charge in [0.2, 0.25) is 5.95 Å². The van der Waals surface area contributed by atoms with Crippen LogP contribution in [0.15, 0.2) is 36.7 Å². The molecule has 1 fully saturated rings. The highest BCUT2D eigenvalue weighted by molar-refractivity contribution is 5.59. The highest BCUT2D eigenvalue weighted by Crippen LogP contribution is 2.37. The Labute approximate surface area is 108 Å². The maximum atomic E-state index is 4.43. The molecule has 1 aliphatic carbocycles. The average Bonchev–Trinajstić information content (AvgIpc) is 3.13. The van der Waals surface area contributed by atoms with Crippen molar-refractivity contribution in [2.24, 2.45) is 0 Å². The number of benzene rings is 1. The van der Waals surface area contributed by atoms with Gasteiger partial charge in [0.1, 0.15) is 0 Å². The molecule has 0 bridgehead atoms. The molecule has 0 saturated heterocycles. The Hall–Kier alpha value is -1.77. The molecule has 1 aliphatic rings. The number of hydrogen-bond donors (Lipinski definition) is 1. The lowest BCUT2D eigenvalue weighted by atomic mass is 10.1. The number of nitrogens with zero attached hydrogens (tertiary/aromatic N) is 2. The van der Waals surface area contributed by atoms with Crippen LogP contribution in [-0.2, 0) is 6.42 Å². The smallest absolute Gasteiger partial charge is 0.207 e. The van der Waals surface area contributed by atoms with E-state index in [4.69, 9.17) is 0 Å². The molecule has 2 aromatic rings. The number of imidazole rings is 1. The van der Waals surface area contributed by atoms with Gasteiger partial charge in [-0.25, -0.2) is 4.98 Å². The minimum absolute atomic E-state index is 0.660. The molecule has 18 heavy (non-hydrogen) atoms. The second kappa shape index (κ2) is 4.84. The lowest BCUT2D eigenvalue weighted by Crippen LogP contribution is -2.03. The summed E-state index contributed by atoms with van der Waals surface area (Å²) in [5, 5.41) is 3.48. The molecule has 0 radical (unpaired) electrons. The fourth-order valence-electron chi connectivity index (χ4n) is 2.31. The first-order valence-electron chi connectivity index (χ1n) is 6.76. The largest absolute Gasteiger partial charge is 0.325 e. The molecular weight excluding hydrogens is 222 g/mol. The van der Waals surface area contributed by atoms with E-state index < -0.39 is 0 Å². The number of aryl methyl sites for hydroxylation is 1. The molecule has 1 heterocycles. The van der Waals surface area contributed by atoms with Crippen LogP contribution in [0.1, 0.15) is 37.8 Å². The van der Waals surface area contributed by atoms with E-state index in [-0.39, 0.29) is 0 Å². The summed E-state index contributed by atoms with van der Waals surface area (Å²) in [6.07, 6.45) is 8.78. The first-order chi connectivity index (χ1) is 8.88. The Morgan fingerprint density at radius 2 is 2.17 bits per heavy atom. The van der Waals surface area contributed by atoms with Crippen molar-refractivity contribution >= 4 is 11.6 Å². The van der Waals surface area contributed by atoms with Gasteiger partial charge in [0, 0.05) is 24.1 Å². The molecule has 1 aromatic carbocycles. The summed E-state index contributed by atoms with van der Waals surface area (Å²) in [5.74, 6) is 0.973. The predicted octanol–water partition coefficient (Wildman–Crippen LogP) is 3.91. The van der Waals surface area contributed by atoms with Crippen molar-refractivity contribution in [2.75, 3.05) is 5.32 Å². The molecular formula is C15H19N3. The summed E-state index contributed by atoms with van der Waals surface area (Å²) in [6.45, 7) is 2.21. The number of rotatable bonds is 5. The average molecular weight is 241 g/mol. The summed E-state index contributed by atoms with van der Waals surface area (Å²) >= 11 is 0. The third kappa shape index (κ3) is 2.26. The number of hydrogen-bond acceptors (Lipinski definition) is 2. The second-order valence-corrected chi connectivity index (χ2v) is 4.92. The summed E-state index contributed by atoms with van der Waals surface area (Å²) < 4.78 is 2.25. The molecule has 3 rings (SSSR count). The van der Waals surface area contributed by atoms with Gasteiger partial charge in [-0.05, 0) is 30.9 Å². The molecule has 1 N–H and O–H groups in total. The van der Waals surface area contributed by atoms with Crippen LogP contribution in [0, 0.1) is 0 Å². The van der Waals surface area contributed by atoms with E-state index in [1.54, 1.807) is 0 Å². The Morgan fingerprint density at radius 1 is 1.33 bits per heavy atom. The molecule has 94 valence electrons. The van der Waals surface area contributed by atoms with Gasteiger partial charge in [-0.15, -0.1) is 0 Å². The van der Waals surface area contributed by atoms with Crippen molar-refractivity contribution in [1.82, 2.24) is 9.55 Å². The van der Waals surface area contributed by atoms with Gasteiger partial charge < -0.3 is 9.88 Å². The first-order valence-corrected chi connectivity index (χ1v) is 6.76. The van der Waals surface area contributed by atoms with Crippen LogP contribution in [-0.4, -0.2) is 9.55 Å². The van der Waals surface area contributed by atoms with Crippen molar-refractivity contribution in [3.8, 4) is 0 Å². The SMILES string of the molecule is CCCc1ccccc1Nc1nccn1C1CC1. The molecule has 0 aliphatic heterocycles. The minimum atomic E-state index is 0.660. The normalized spacial score (nSPS) is 14.7. The van der Waals surface area contributed by atoms with E-state index in [0.29, 0.717) is 6.04 Å². The van der Waals surface area contributed by atoms with Gasteiger partial charge in [0.15, 0.2) is 0 Å². The lowest BCUT2D eigenvalue weighted by Gasteiger charge is -2.12. The monoisotopic (exact) mass is 241 g/mol. The predicted molar refractivity (Wildman–Crippen MR) is 74.2 cm³/mol. The van der Waals surface area contributed by atoms with Gasteiger partial charge in [0.05, 0.1) is 0 Å². The number of nitrogens with one attached hydrogen (secondary N) is 1. The molecule has 1 saturated carbocycles. The van der Waals surface area contributed by atoms with Crippen LogP contribution in [0.5, 0.6) is 0 Å². The van der Waals surface area contributed by atoms with E-state index in [9.17, 15) is 0 Å². The lowest BCUT2D eigenvalue weighted by molar-refractivity contribution is 0.750. The number of aromatic nitrogens is 2. The Bertz CT molecular complexity index is 526. The van der Waals surface area contributed by atoms with Gasteiger partial charge in [-0.1, -0.05) is 31.5 Å². The quantitative estimate of drug-likeness (QED) is 0.860. The third-order valence-electron chi connectivity index (χ3n) is 3.39. The van der Waals surface area contributed by atoms with Gasteiger partial charge >= 0.3 is 0 Å². The molecule has 0 unspecified atom stereocenters. The van der Waals surface area contributed by atoms with Gasteiger partial charge in [-0.2, -0.15) is 0 Å². The summed E-state index contributed by atoms with van der Waals surface area (Å²) in [7, 11) is 0. The Balaban J connectivity index is 1.85. The van der Waals surface area contributed by atoms with Crippen molar-refractivity contribution in [3.63, 3.8) is 0 Å². The zero-order valence-corrected chi connectivity index (χ0v) is 10.8. The fraction of sp³-hybridized carbons (Fsp3) is 0.400. The van der Waals surface area contributed by atoms with Crippen LogP contribution in [0.25, 0.3) is 0 Å². The van der Waals surface area contributed by atoms with Crippen LogP contribution in [0.2, 0.25) is 0 Å². The Kier molecular flexibility index (Phi) is 3.05. The maximum absolute atomic E-state index is 4.43. The van der Waals surface area contributed by atoms with E-state index in [1.165, 1.54) is 24.1 Å². The number of para-hydroxylation sites is 1. The minimum Gasteiger partial charge on any atom is -0.325 e. The zero-order valence-electron chi connectivity index (χ0n) is 10.8. The van der Waals surface area contributed by atoms with Crippen molar-refractivity contribution in [1.29, 1.82) is 0 Å². The second-order valence-electron chi connectivity index (χ2n) is 4.92. The highest BCUT2D eigenvalue weighted by Gasteiger charge is 2.25. The van der Waals surface area contributed by atoms with Crippen molar-refractivity contribution in [3.05, 3.63) is 42.2 Å². The summed E-state index contributed by atoms with van der Waals surface area (Å²) in [5.41, 5.74) is 2.55. The van der Waals surface area contributed by atoms with Gasteiger partial charge in [-0.3, -0.25) is 0 Å². The van der Waals surface area contributed by atoms with Crippen LogP contribution in [0.4, 0.5) is 11.6 Å². The first kappa shape index (κ1) is 11.3. The van der Waals surface area contributed by atoms with Crippen molar-refractivity contribution in [2.45, 2.75) is 38.6 Å².